The van der Waals surface area contributed by atoms with Gasteiger partial charge in [0.2, 0.25) is 5.91 Å². The lowest BCUT2D eigenvalue weighted by Gasteiger charge is -2.12. The van der Waals surface area contributed by atoms with E-state index in [0.29, 0.717) is 33.0 Å². The Labute approximate surface area is 149 Å². The summed E-state index contributed by atoms with van der Waals surface area (Å²) in [7, 11) is 1.57. The molecular weight excluding hydrogens is 359 g/mol. The highest BCUT2D eigenvalue weighted by Crippen LogP contribution is 2.30. The van der Waals surface area contributed by atoms with Gasteiger partial charge in [-0.25, -0.2) is 0 Å². The van der Waals surface area contributed by atoms with Crippen molar-refractivity contribution in [2.24, 2.45) is 0 Å². The zero-order valence-corrected chi connectivity index (χ0v) is 14.6. The largest absolute Gasteiger partial charge is 0.495 e. The molecule has 2 aromatic carbocycles. The van der Waals surface area contributed by atoms with Gasteiger partial charge in [-0.2, -0.15) is 0 Å². The van der Waals surface area contributed by atoms with Gasteiger partial charge in [-0.3, -0.25) is 4.79 Å². The quantitative estimate of drug-likeness (QED) is 0.741. The molecule has 7 heteroatoms. The van der Waals surface area contributed by atoms with E-state index in [-0.39, 0.29) is 12.3 Å². The maximum Gasteiger partial charge on any atom is 0.226 e. The average Bonchev–Trinajstić information content (AvgIpc) is 2.51. The molecule has 0 aliphatic rings. The summed E-state index contributed by atoms with van der Waals surface area (Å²) >= 11 is 18.0. The predicted molar refractivity (Wildman–Crippen MR) is 96.2 cm³/mol. The zero-order valence-electron chi connectivity index (χ0n) is 12.3. The Bertz CT molecular complexity index is 687. The normalized spacial score (nSPS) is 10.3. The minimum atomic E-state index is -0.200. The van der Waals surface area contributed by atoms with Crippen LogP contribution in [0, 0.1) is 0 Å². The van der Waals surface area contributed by atoms with Crippen LogP contribution in [0.1, 0.15) is 6.42 Å². The standard InChI is InChI=1S/C16H15Cl3N2O2/c1-23-14-6-5-10(17)9-13(14)20-8-7-15(22)21-16-11(18)3-2-4-12(16)19/h2-6,9,20H,7-8H2,1H3,(H,21,22). The Balaban J connectivity index is 1.92. The maximum atomic E-state index is 12.0. The minimum absolute atomic E-state index is 0.200. The molecule has 1 amide bonds. The van der Waals surface area contributed by atoms with Crippen LogP contribution in [-0.4, -0.2) is 19.6 Å². The van der Waals surface area contributed by atoms with Crippen molar-refractivity contribution in [2.75, 3.05) is 24.3 Å². The van der Waals surface area contributed by atoms with Crippen molar-refractivity contribution >= 4 is 52.1 Å². The number of anilines is 2. The molecule has 0 atom stereocenters. The summed E-state index contributed by atoms with van der Waals surface area (Å²) in [5, 5.41) is 7.20. The van der Waals surface area contributed by atoms with E-state index in [2.05, 4.69) is 10.6 Å². The zero-order chi connectivity index (χ0) is 16.8. The number of rotatable bonds is 6. The molecule has 0 saturated carbocycles. The van der Waals surface area contributed by atoms with E-state index in [1.54, 1.807) is 43.5 Å². The first-order valence-electron chi connectivity index (χ1n) is 6.82. The molecule has 0 aliphatic heterocycles. The summed E-state index contributed by atoms with van der Waals surface area (Å²) in [6.45, 7) is 0.407. The Kier molecular flexibility index (Phi) is 6.39. The summed E-state index contributed by atoms with van der Waals surface area (Å²) in [5.41, 5.74) is 1.14. The molecule has 0 unspecified atom stereocenters. The maximum absolute atomic E-state index is 12.0. The SMILES string of the molecule is COc1ccc(Cl)cc1NCCC(=O)Nc1c(Cl)cccc1Cl. The van der Waals surface area contributed by atoms with Crippen LogP contribution in [0.3, 0.4) is 0 Å². The number of hydrogen-bond acceptors (Lipinski definition) is 3. The lowest BCUT2D eigenvalue weighted by Crippen LogP contribution is -2.17. The molecule has 2 N–H and O–H groups in total. The molecule has 0 spiro atoms. The minimum Gasteiger partial charge on any atom is -0.495 e. The van der Waals surface area contributed by atoms with Gasteiger partial charge in [-0.15, -0.1) is 0 Å². The monoisotopic (exact) mass is 372 g/mol. The molecule has 0 fully saturated rings. The van der Waals surface area contributed by atoms with Crippen molar-refractivity contribution < 1.29 is 9.53 Å². The van der Waals surface area contributed by atoms with Crippen LogP contribution in [0.25, 0.3) is 0 Å². The Morgan fingerprint density at radius 2 is 1.83 bits per heavy atom. The molecular formula is C16H15Cl3N2O2. The van der Waals surface area contributed by atoms with Crippen molar-refractivity contribution in [3.05, 3.63) is 51.5 Å². The van der Waals surface area contributed by atoms with Crippen molar-refractivity contribution in [1.29, 1.82) is 0 Å². The third kappa shape index (κ3) is 4.93. The summed E-state index contributed by atoms with van der Waals surface area (Å²) in [6.07, 6.45) is 0.233. The van der Waals surface area contributed by atoms with Crippen molar-refractivity contribution in [3.8, 4) is 5.75 Å². The highest BCUT2D eigenvalue weighted by atomic mass is 35.5. The second kappa shape index (κ2) is 8.29. The van der Waals surface area contributed by atoms with Gasteiger partial charge in [0.1, 0.15) is 5.75 Å². The van der Waals surface area contributed by atoms with Crippen LogP contribution in [-0.2, 0) is 4.79 Å². The van der Waals surface area contributed by atoms with Crippen LogP contribution in [0.4, 0.5) is 11.4 Å². The predicted octanol–water partition coefficient (Wildman–Crippen LogP) is 5.10. The van der Waals surface area contributed by atoms with Crippen molar-refractivity contribution in [3.63, 3.8) is 0 Å². The Morgan fingerprint density at radius 3 is 2.48 bits per heavy atom. The summed E-state index contributed by atoms with van der Waals surface area (Å²) in [5.74, 6) is 0.456. The van der Waals surface area contributed by atoms with Gasteiger partial charge in [0.25, 0.3) is 0 Å². The Morgan fingerprint density at radius 1 is 1.13 bits per heavy atom. The first-order valence-corrected chi connectivity index (χ1v) is 7.96. The van der Waals surface area contributed by atoms with Crippen LogP contribution in [0.5, 0.6) is 5.75 Å². The Hall–Kier alpha value is -1.62. The van der Waals surface area contributed by atoms with E-state index in [4.69, 9.17) is 39.5 Å². The molecule has 23 heavy (non-hydrogen) atoms. The van der Waals surface area contributed by atoms with Crippen LogP contribution >= 0.6 is 34.8 Å². The van der Waals surface area contributed by atoms with Gasteiger partial charge in [-0.1, -0.05) is 40.9 Å². The number of carbonyl (C=O) groups is 1. The fourth-order valence-corrected chi connectivity index (χ4v) is 2.61. The number of nitrogens with one attached hydrogen (secondary N) is 2. The number of para-hydroxylation sites is 1. The van der Waals surface area contributed by atoms with Crippen molar-refractivity contribution in [1.82, 2.24) is 0 Å². The number of amides is 1. The van der Waals surface area contributed by atoms with E-state index in [0.717, 1.165) is 5.69 Å². The van der Waals surface area contributed by atoms with Gasteiger partial charge >= 0.3 is 0 Å². The molecule has 2 rings (SSSR count). The lowest BCUT2D eigenvalue weighted by molar-refractivity contribution is -0.115. The number of benzene rings is 2. The van der Waals surface area contributed by atoms with Gasteiger partial charge in [-0.05, 0) is 30.3 Å². The first kappa shape index (κ1) is 17.7. The van der Waals surface area contributed by atoms with Gasteiger partial charge in [0, 0.05) is 18.0 Å². The molecule has 0 aromatic heterocycles. The first-order chi connectivity index (χ1) is 11.0. The van der Waals surface area contributed by atoms with Gasteiger partial charge in [0.15, 0.2) is 0 Å². The third-order valence-corrected chi connectivity index (χ3v) is 3.92. The average molecular weight is 374 g/mol. The number of methoxy groups -OCH3 is 1. The smallest absolute Gasteiger partial charge is 0.226 e. The molecule has 0 aliphatic carbocycles. The van der Waals surface area contributed by atoms with E-state index in [9.17, 15) is 4.79 Å². The van der Waals surface area contributed by atoms with Crippen LogP contribution in [0.15, 0.2) is 36.4 Å². The van der Waals surface area contributed by atoms with E-state index < -0.39 is 0 Å². The van der Waals surface area contributed by atoms with Gasteiger partial charge in [0.05, 0.1) is 28.5 Å². The topological polar surface area (TPSA) is 50.4 Å². The molecule has 122 valence electrons. The number of hydrogen-bond donors (Lipinski definition) is 2. The molecule has 0 bridgehead atoms. The molecule has 2 aromatic rings. The molecule has 4 nitrogen and oxygen atoms in total. The van der Waals surface area contributed by atoms with Crippen LogP contribution < -0.4 is 15.4 Å². The number of halogens is 3. The molecule has 0 heterocycles. The fraction of sp³-hybridized carbons (Fsp3) is 0.188. The lowest BCUT2D eigenvalue weighted by atomic mass is 10.2. The summed E-state index contributed by atoms with van der Waals surface area (Å²) in [4.78, 5) is 12.0. The number of carbonyl (C=O) groups excluding carboxylic acids is 1. The van der Waals surface area contributed by atoms with Gasteiger partial charge < -0.3 is 15.4 Å². The summed E-state index contributed by atoms with van der Waals surface area (Å²) < 4.78 is 5.23. The van der Waals surface area contributed by atoms with Crippen molar-refractivity contribution in [2.45, 2.75) is 6.42 Å². The molecule has 0 saturated heterocycles. The molecule has 0 radical (unpaired) electrons. The van der Waals surface area contributed by atoms with E-state index in [1.807, 2.05) is 0 Å². The van der Waals surface area contributed by atoms with E-state index >= 15 is 0 Å². The highest BCUT2D eigenvalue weighted by molar-refractivity contribution is 6.39. The van der Waals surface area contributed by atoms with E-state index in [1.165, 1.54) is 0 Å². The second-order valence-electron chi connectivity index (χ2n) is 4.67. The third-order valence-electron chi connectivity index (χ3n) is 3.06. The second-order valence-corrected chi connectivity index (χ2v) is 5.92. The fourth-order valence-electron chi connectivity index (χ4n) is 1.95. The van der Waals surface area contributed by atoms with Crippen LogP contribution in [0.2, 0.25) is 15.1 Å². The highest BCUT2D eigenvalue weighted by Gasteiger charge is 2.10. The number of ether oxygens (including phenoxy) is 1. The summed E-state index contributed by atoms with van der Waals surface area (Å²) in [6, 6.07) is 10.3.